The summed E-state index contributed by atoms with van der Waals surface area (Å²) < 4.78 is 35.6. The lowest BCUT2D eigenvalue weighted by molar-refractivity contribution is -0.190. The van der Waals surface area contributed by atoms with Crippen LogP contribution in [0.15, 0.2) is 109 Å². The number of ether oxygens (including phenoxy) is 3. The minimum absolute atomic E-state index is 0.175. The fourth-order valence-electron chi connectivity index (χ4n) is 6.12. The Hall–Kier alpha value is -4.36. The summed E-state index contributed by atoms with van der Waals surface area (Å²) in [6.45, 7) is 6.67. The SMILES string of the molecule is CC(C)C(=O)O[C@H]1[C@H](c2ccc3c(NC(c4ccccc4)(c4ccccc4)c4ccccc4)ncnn23)O[C@](F)(CI)[C@H]1OC(=O)C(C)C. The van der Waals surface area contributed by atoms with E-state index in [1.807, 2.05) is 83.3 Å². The second kappa shape index (κ2) is 14.2. The molecule has 3 heterocycles. The molecule has 1 fully saturated rings. The number of halogens is 2. The van der Waals surface area contributed by atoms with Crippen LogP contribution >= 0.6 is 22.6 Å². The molecule has 2 aromatic heterocycles. The van der Waals surface area contributed by atoms with Crippen LogP contribution < -0.4 is 5.32 Å². The number of esters is 2. The molecule has 0 saturated carbocycles. The summed E-state index contributed by atoms with van der Waals surface area (Å²) >= 11 is 1.85. The van der Waals surface area contributed by atoms with Crippen molar-refractivity contribution in [1.82, 2.24) is 14.6 Å². The Morgan fingerprint density at radius 3 is 1.86 bits per heavy atom. The molecule has 1 saturated heterocycles. The van der Waals surface area contributed by atoms with Crippen LogP contribution in [0.1, 0.15) is 56.2 Å². The molecule has 1 aliphatic heterocycles. The molecule has 0 bridgehead atoms. The van der Waals surface area contributed by atoms with Crippen molar-refractivity contribution in [2.45, 2.75) is 57.4 Å². The molecule has 254 valence electrons. The molecule has 9 nitrogen and oxygen atoms in total. The number of nitrogens with one attached hydrogen (secondary N) is 1. The maximum atomic E-state index is 16.6. The number of anilines is 1. The Labute approximate surface area is 298 Å². The summed E-state index contributed by atoms with van der Waals surface area (Å²) in [6.07, 6.45) is -2.52. The van der Waals surface area contributed by atoms with Gasteiger partial charge in [-0.25, -0.2) is 13.9 Å². The van der Waals surface area contributed by atoms with Crippen LogP contribution in [0.5, 0.6) is 0 Å². The minimum atomic E-state index is -2.43. The number of fused-ring (bicyclic) bond motifs is 1. The number of hydrogen-bond donors (Lipinski definition) is 1. The van der Waals surface area contributed by atoms with E-state index in [0.29, 0.717) is 17.0 Å². The summed E-state index contributed by atoms with van der Waals surface area (Å²) in [7, 11) is 0. The number of nitrogens with zero attached hydrogens (tertiary/aromatic N) is 3. The highest BCUT2D eigenvalue weighted by Gasteiger charge is 2.61. The number of alkyl halides is 2. The van der Waals surface area contributed by atoms with Gasteiger partial charge in [0.25, 0.3) is 5.85 Å². The van der Waals surface area contributed by atoms with Crippen molar-refractivity contribution in [2.75, 3.05) is 9.74 Å². The van der Waals surface area contributed by atoms with E-state index in [1.165, 1.54) is 6.33 Å². The minimum Gasteiger partial charge on any atom is -0.455 e. The quantitative estimate of drug-likeness (QED) is 0.0640. The second-order valence-corrected chi connectivity index (χ2v) is 13.4. The average molecular weight is 777 g/mol. The smallest absolute Gasteiger partial charge is 0.308 e. The van der Waals surface area contributed by atoms with Crippen molar-refractivity contribution in [3.63, 3.8) is 0 Å². The third-order valence-electron chi connectivity index (χ3n) is 8.66. The molecular weight excluding hydrogens is 738 g/mol. The third-order valence-corrected chi connectivity index (χ3v) is 9.70. The zero-order chi connectivity index (χ0) is 34.8. The third kappa shape index (κ3) is 6.53. The van der Waals surface area contributed by atoms with Gasteiger partial charge in [-0.05, 0) is 28.8 Å². The molecule has 1 aliphatic rings. The fraction of sp³-hybridized carbons (Fsp3) is 0.316. The van der Waals surface area contributed by atoms with Crippen molar-refractivity contribution < 1.29 is 28.2 Å². The highest BCUT2D eigenvalue weighted by atomic mass is 127. The van der Waals surface area contributed by atoms with Gasteiger partial charge in [-0.2, -0.15) is 5.10 Å². The molecule has 49 heavy (non-hydrogen) atoms. The number of rotatable bonds is 11. The molecule has 0 aliphatic carbocycles. The van der Waals surface area contributed by atoms with Crippen molar-refractivity contribution in [3.8, 4) is 0 Å². The van der Waals surface area contributed by atoms with E-state index in [4.69, 9.17) is 19.2 Å². The largest absolute Gasteiger partial charge is 0.455 e. The Morgan fingerprint density at radius 1 is 0.857 bits per heavy atom. The van der Waals surface area contributed by atoms with Gasteiger partial charge in [0.1, 0.15) is 23.5 Å². The second-order valence-electron chi connectivity index (χ2n) is 12.7. The molecule has 0 unspecified atom stereocenters. The lowest BCUT2D eigenvalue weighted by Crippen LogP contribution is -2.46. The first-order valence-corrected chi connectivity index (χ1v) is 17.7. The van der Waals surface area contributed by atoms with Crippen molar-refractivity contribution in [1.29, 1.82) is 0 Å². The van der Waals surface area contributed by atoms with Crippen molar-refractivity contribution in [2.24, 2.45) is 11.8 Å². The monoisotopic (exact) mass is 776 g/mol. The summed E-state index contributed by atoms with van der Waals surface area (Å²) in [6, 6.07) is 33.9. The standard InChI is InChI=1S/C38H38FIN4O5/c1-24(2)35(45)47-32-31(49-37(39,22-40)33(32)48-36(46)25(3)4)29-20-21-30-34(41-23-42-44(29)30)43-38(26-14-8-5-9-15-26,27-16-10-6-11-17-27)28-18-12-7-13-19-28/h5-21,23-25,31-33H,22H2,1-4H3,(H,41,42,43)/t31-,32-,33-,37+/m0/s1. The first-order valence-electron chi connectivity index (χ1n) is 16.2. The van der Waals surface area contributed by atoms with Crippen LogP contribution in [0, 0.1) is 11.8 Å². The topological polar surface area (TPSA) is 104 Å². The maximum Gasteiger partial charge on any atom is 0.308 e. The molecule has 0 radical (unpaired) electrons. The lowest BCUT2D eigenvalue weighted by Gasteiger charge is -2.37. The van der Waals surface area contributed by atoms with Gasteiger partial charge in [-0.1, -0.05) is 141 Å². The molecule has 5 aromatic rings. The molecule has 3 aromatic carbocycles. The zero-order valence-electron chi connectivity index (χ0n) is 27.6. The first-order chi connectivity index (χ1) is 23.6. The molecule has 0 amide bonds. The van der Waals surface area contributed by atoms with E-state index in [0.717, 1.165) is 16.7 Å². The lowest BCUT2D eigenvalue weighted by atomic mass is 9.77. The summed E-state index contributed by atoms with van der Waals surface area (Å²) in [5.41, 5.74) is 3.04. The Bertz CT molecular complexity index is 1810. The summed E-state index contributed by atoms with van der Waals surface area (Å²) in [5.74, 6) is -4.18. The number of hydrogen-bond acceptors (Lipinski definition) is 8. The van der Waals surface area contributed by atoms with Crippen LogP contribution in [0.4, 0.5) is 10.2 Å². The van der Waals surface area contributed by atoms with Crippen molar-refractivity contribution >= 4 is 45.9 Å². The number of benzene rings is 3. The van der Waals surface area contributed by atoms with Gasteiger partial charge in [-0.15, -0.1) is 0 Å². The normalized spacial score (nSPS) is 20.9. The Morgan fingerprint density at radius 2 is 1.37 bits per heavy atom. The average Bonchev–Trinajstić information content (AvgIpc) is 3.67. The van der Waals surface area contributed by atoms with E-state index in [-0.39, 0.29) is 4.43 Å². The van der Waals surface area contributed by atoms with Gasteiger partial charge in [0, 0.05) is 0 Å². The highest BCUT2D eigenvalue weighted by molar-refractivity contribution is 14.1. The molecule has 1 N–H and O–H groups in total. The van der Waals surface area contributed by atoms with Gasteiger partial charge in [0.05, 0.1) is 22.0 Å². The van der Waals surface area contributed by atoms with Gasteiger partial charge < -0.3 is 19.5 Å². The molecular formula is C38H38FIN4O5. The maximum absolute atomic E-state index is 16.6. The number of aromatic nitrogens is 3. The summed E-state index contributed by atoms with van der Waals surface area (Å²) in [5, 5.41) is 8.32. The van der Waals surface area contributed by atoms with Crippen LogP contribution in [0.2, 0.25) is 0 Å². The Balaban J connectivity index is 1.49. The van der Waals surface area contributed by atoms with E-state index in [9.17, 15) is 9.59 Å². The van der Waals surface area contributed by atoms with Crippen LogP contribution in [0.3, 0.4) is 0 Å². The van der Waals surface area contributed by atoms with Crippen LogP contribution in [-0.2, 0) is 29.3 Å². The predicted molar refractivity (Wildman–Crippen MR) is 192 cm³/mol. The van der Waals surface area contributed by atoms with E-state index >= 15 is 4.39 Å². The number of carbonyl (C=O) groups excluding carboxylic acids is 2. The van der Waals surface area contributed by atoms with Gasteiger partial charge in [-0.3, -0.25) is 9.59 Å². The van der Waals surface area contributed by atoms with Crippen LogP contribution in [-0.4, -0.2) is 49.0 Å². The first kappa shape index (κ1) is 34.5. The molecule has 6 rings (SSSR count). The summed E-state index contributed by atoms with van der Waals surface area (Å²) in [4.78, 5) is 30.5. The highest BCUT2D eigenvalue weighted by Crippen LogP contribution is 2.47. The number of carbonyl (C=O) groups is 2. The van der Waals surface area contributed by atoms with Gasteiger partial charge >= 0.3 is 11.9 Å². The Kier molecular flexibility index (Phi) is 10.0. The van der Waals surface area contributed by atoms with Crippen molar-refractivity contribution in [3.05, 3.63) is 132 Å². The molecule has 0 spiro atoms. The molecule has 4 atom stereocenters. The van der Waals surface area contributed by atoms with E-state index in [1.54, 1.807) is 38.3 Å². The van der Waals surface area contributed by atoms with Gasteiger partial charge in [0.2, 0.25) is 6.10 Å². The fourth-order valence-corrected chi connectivity index (χ4v) is 6.73. The van der Waals surface area contributed by atoms with E-state index in [2.05, 4.69) is 46.8 Å². The molecule has 11 heteroatoms. The van der Waals surface area contributed by atoms with E-state index < -0.39 is 53.5 Å². The van der Waals surface area contributed by atoms with Crippen LogP contribution in [0.25, 0.3) is 5.52 Å². The van der Waals surface area contributed by atoms with Gasteiger partial charge in [0.15, 0.2) is 11.9 Å². The zero-order valence-corrected chi connectivity index (χ0v) is 29.8. The predicted octanol–water partition coefficient (Wildman–Crippen LogP) is 7.44.